The first-order chi connectivity index (χ1) is 10.5. The van der Waals surface area contributed by atoms with Crippen LogP contribution in [0.15, 0.2) is 12.1 Å². The second kappa shape index (κ2) is 5.68. The quantitative estimate of drug-likeness (QED) is 0.784. The van der Waals surface area contributed by atoms with Crippen LogP contribution in [0.5, 0.6) is 0 Å². The molecule has 1 fully saturated rings. The van der Waals surface area contributed by atoms with E-state index < -0.39 is 11.4 Å². The Balaban J connectivity index is 1.81. The number of amides is 2. The average molecular weight is 305 g/mol. The molecule has 22 heavy (non-hydrogen) atoms. The predicted molar refractivity (Wildman–Crippen MR) is 82.2 cm³/mol. The molecule has 2 aliphatic rings. The molecule has 0 saturated carbocycles. The summed E-state index contributed by atoms with van der Waals surface area (Å²) in [4.78, 5) is 23.9. The molecule has 1 aromatic rings. The summed E-state index contributed by atoms with van der Waals surface area (Å²) in [5.74, 6) is -0.798. The van der Waals surface area contributed by atoms with E-state index in [1.807, 2.05) is 6.92 Å². The van der Waals surface area contributed by atoms with Crippen molar-refractivity contribution in [2.75, 3.05) is 17.2 Å². The molecular weight excluding hydrogens is 285 g/mol. The molecule has 6 heteroatoms. The van der Waals surface area contributed by atoms with Crippen LogP contribution in [0.25, 0.3) is 0 Å². The monoisotopic (exact) mass is 305 g/mol. The van der Waals surface area contributed by atoms with E-state index in [9.17, 15) is 14.0 Å². The number of anilines is 2. The zero-order chi connectivity index (χ0) is 15.7. The van der Waals surface area contributed by atoms with Crippen LogP contribution in [0, 0.1) is 5.82 Å². The maximum absolute atomic E-state index is 14.2. The van der Waals surface area contributed by atoms with Gasteiger partial charge in [-0.1, -0.05) is 0 Å². The van der Waals surface area contributed by atoms with E-state index in [1.54, 1.807) is 0 Å². The number of benzene rings is 1. The molecule has 0 aliphatic carbocycles. The molecule has 3 rings (SSSR count). The van der Waals surface area contributed by atoms with E-state index in [0.29, 0.717) is 18.5 Å². The summed E-state index contributed by atoms with van der Waals surface area (Å²) >= 11 is 0. The molecule has 0 spiro atoms. The summed E-state index contributed by atoms with van der Waals surface area (Å²) in [6.45, 7) is 2.62. The summed E-state index contributed by atoms with van der Waals surface area (Å²) < 4.78 is 14.2. The Morgan fingerprint density at radius 3 is 2.86 bits per heavy atom. The van der Waals surface area contributed by atoms with Crippen molar-refractivity contribution < 1.29 is 14.0 Å². The highest BCUT2D eigenvalue weighted by atomic mass is 19.1. The molecule has 2 aliphatic heterocycles. The molecule has 0 radical (unpaired) electrons. The maximum Gasteiger partial charge on any atom is 0.244 e. The predicted octanol–water partition coefficient (Wildman–Crippen LogP) is 2.18. The van der Waals surface area contributed by atoms with Crippen molar-refractivity contribution in [3.8, 4) is 0 Å². The first kappa shape index (κ1) is 15.0. The number of rotatable bonds is 2. The Morgan fingerprint density at radius 2 is 2.14 bits per heavy atom. The van der Waals surface area contributed by atoms with Crippen LogP contribution < -0.4 is 16.0 Å². The molecule has 2 heterocycles. The molecule has 3 N–H and O–H groups in total. The van der Waals surface area contributed by atoms with Crippen LogP contribution in [-0.4, -0.2) is 23.9 Å². The molecule has 1 aromatic carbocycles. The van der Waals surface area contributed by atoms with Crippen molar-refractivity contribution in [3.05, 3.63) is 23.5 Å². The lowest BCUT2D eigenvalue weighted by atomic mass is 9.90. The molecule has 2 amide bonds. The standard InChI is InChI=1S/C16H20FN3O2/c1-16(6-2-3-7-18-16)15(22)20-13-9-12-10(8-11(13)17)4-5-14(21)19-12/h8-9,18H,2-7H2,1H3,(H,19,21)(H,20,22). The summed E-state index contributed by atoms with van der Waals surface area (Å²) in [5.41, 5.74) is 0.774. The number of aryl methyl sites for hydroxylation is 1. The van der Waals surface area contributed by atoms with E-state index in [0.717, 1.165) is 31.4 Å². The Morgan fingerprint density at radius 1 is 1.32 bits per heavy atom. The SMILES string of the molecule is CC1(C(=O)Nc2cc3c(cc2F)CCC(=O)N3)CCCCN1. The van der Waals surface area contributed by atoms with Gasteiger partial charge in [-0.15, -0.1) is 0 Å². The fraction of sp³-hybridized carbons (Fsp3) is 0.500. The van der Waals surface area contributed by atoms with Gasteiger partial charge in [0.05, 0.1) is 11.2 Å². The Labute approximate surface area is 128 Å². The van der Waals surface area contributed by atoms with Crippen molar-refractivity contribution in [2.24, 2.45) is 0 Å². The lowest BCUT2D eigenvalue weighted by molar-refractivity contribution is -0.122. The minimum atomic E-state index is -0.677. The van der Waals surface area contributed by atoms with Gasteiger partial charge >= 0.3 is 0 Å². The fourth-order valence-electron chi connectivity index (χ4n) is 3.00. The zero-order valence-electron chi connectivity index (χ0n) is 12.6. The number of carbonyl (C=O) groups excluding carboxylic acids is 2. The van der Waals surface area contributed by atoms with E-state index in [1.165, 1.54) is 12.1 Å². The van der Waals surface area contributed by atoms with Crippen molar-refractivity contribution in [3.63, 3.8) is 0 Å². The second-order valence-corrected chi connectivity index (χ2v) is 6.21. The Hall–Kier alpha value is -1.95. The summed E-state index contributed by atoms with van der Waals surface area (Å²) in [6, 6.07) is 2.90. The third-order valence-corrected chi connectivity index (χ3v) is 4.46. The van der Waals surface area contributed by atoms with Gasteiger partial charge in [0.2, 0.25) is 11.8 Å². The van der Waals surface area contributed by atoms with Gasteiger partial charge < -0.3 is 16.0 Å². The van der Waals surface area contributed by atoms with E-state index >= 15 is 0 Å². The van der Waals surface area contributed by atoms with Crippen LogP contribution >= 0.6 is 0 Å². The van der Waals surface area contributed by atoms with Gasteiger partial charge in [-0.2, -0.15) is 0 Å². The molecular formula is C16H20FN3O2. The average Bonchev–Trinajstić information content (AvgIpc) is 2.49. The number of carbonyl (C=O) groups is 2. The molecule has 0 aromatic heterocycles. The van der Waals surface area contributed by atoms with Gasteiger partial charge in [-0.25, -0.2) is 4.39 Å². The normalized spacial score (nSPS) is 24.4. The molecule has 5 nitrogen and oxygen atoms in total. The molecule has 1 saturated heterocycles. The Kier molecular flexibility index (Phi) is 3.87. The molecule has 1 atom stereocenters. The lowest BCUT2D eigenvalue weighted by Crippen LogP contribution is -2.54. The fourth-order valence-corrected chi connectivity index (χ4v) is 3.00. The van der Waals surface area contributed by atoms with Crippen LogP contribution in [0.3, 0.4) is 0 Å². The largest absolute Gasteiger partial charge is 0.326 e. The Bertz CT molecular complexity index is 624. The van der Waals surface area contributed by atoms with Gasteiger partial charge in [0, 0.05) is 12.1 Å². The van der Waals surface area contributed by atoms with Crippen molar-refractivity contribution in [1.82, 2.24) is 5.32 Å². The van der Waals surface area contributed by atoms with Crippen molar-refractivity contribution in [1.29, 1.82) is 0 Å². The van der Waals surface area contributed by atoms with Crippen LogP contribution in [0.1, 0.15) is 38.2 Å². The first-order valence-electron chi connectivity index (χ1n) is 7.67. The molecule has 1 unspecified atom stereocenters. The van der Waals surface area contributed by atoms with Gasteiger partial charge in [-0.3, -0.25) is 9.59 Å². The zero-order valence-corrected chi connectivity index (χ0v) is 12.6. The van der Waals surface area contributed by atoms with Gasteiger partial charge in [0.25, 0.3) is 0 Å². The summed E-state index contributed by atoms with van der Waals surface area (Å²) in [7, 11) is 0. The van der Waals surface area contributed by atoms with Crippen LogP contribution in [0.2, 0.25) is 0 Å². The lowest BCUT2D eigenvalue weighted by Gasteiger charge is -2.33. The minimum Gasteiger partial charge on any atom is -0.326 e. The molecule has 118 valence electrons. The third kappa shape index (κ3) is 2.83. The number of piperidine rings is 1. The third-order valence-electron chi connectivity index (χ3n) is 4.46. The number of fused-ring (bicyclic) bond motifs is 1. The van der Waals surface area contributed by atoms with Gasteiger partial charge in [0.1, 0.15) is 5.82 Å². The first-order valence-corrected chi connectivity index (χ1v) is 7.67. The minimum absolute atomic E-state index is 0.0858. The smallest absolute Gasteiger partial charge is 0.244 e. The van der Waals surface area contributed by atoms with E-state index in [4.69, 9.17) is 0 Å². The van der Waals surface area contributed by atoms with E-state index in [2.05, 4.69) is 16.0 Å². The highest BCUT2D eigenvalue weighted by molar-refractivity contribution is 6.00. The number of hydrogen-bond acceptors (Lipinski definition) is 3. The van der Waals surface area contributed by atoms with E-state index in [-0.39, 0.29) is 17.5 Å². The highest BCUT2D eigenvalue weighted by Gasteiger charge is 2.34. The second-order valence-electron chi connectivity index (χ2n) is 6.21. The van der Waals surface area contributed by atoms with Crippen LogP contribution in [-0.2, 0) is 16.0 Å². The maximum atomic E-state index is 14.2. The number of hydrogen-bond donors (Lipinski definition) is 3. The van der Waals surface area contributed by atoms with Crippen molar-refractivity contribution >= 4 is 23.2 Å². The topological polar surface area (TPSA) is 70.2 Å². The van der Waals surface area contributed by atoms with Gasteiger partial charge in [-0.05, 0) is 56.8 Å². The number of halogens is 1. The summed E-state index contributed by atoms with van der Waals surface area (Å²) in [6.07, 6.45) is 3.62. The summed E-state index contributed by atoms with van der Waals surface area (Å²) in [5, 5.41) is 8.58. The molecule has 0 bridgehead atoms. The number of nitrogens with one attached hydrogen (secondary N) is 3. The van der Waals surface area contributed by atoms with Crippen molar-refractivity contribution in [2.45, 2.75) is 44.6 Å². The highest BCUT2D eigenvalue weighted by Crippen LogP contribution is 2.29. The van der Waals surface area contributed by atoms with Crippen LogP contribution in [0.4, 0.5) is 15.8 Å². The van der Waals surface area contributed by atoms with Gasteiger partial charge in [0.15, 0.2) is 0 Å².